The highest BCUT2D eigenvalue weighted by molar-refractivity contribution is 7.24. The van der Waals surface area contributed by atoms with Crippen LogP contribution in [0.25, 0.3) is 20.7 Å². The van der Waals surface area contributed by atoms with Crippen LogP contribution in [0.1, 0.15) is 12.6 Å². The summed E-state index contributed by atoms with van der Waals surface area (Å²) in [4.78, 5) is 5.58. The van der Waals surface area contributed by atoms with Crippen molar-refractivity contribution in [3.63, 3.8) is 0 Å². The first-order valence-corrected chi connectivity index (χ1v) is 7.50. The topological polar surface area (TPSA) is 63.8 Å². The maximum Gasteiger partial charge on any atom is 0.206 e. The van der Waals surface area contributed by atoms with Crippen LogP contribution in [0, 0.1) is 6.92 Å². The summed E-state index contributed by atoms with van der Waals surface area (Å²) in [6.45, 7) is 4.86. The van der Waals surface area contributed by atoms with Gasteiger partial charge in [-0.1, -0.05) is 11.3 Å². The number of aromatic nitrogens is 3. The molecule has 0 spiro atoms. The van der Waals surface area contributed by atoms with E-state index in [0.29, 0.717) is 0 Å². The van der Waals surface area contributed by atoms with Gasteiger partial charge >= 0.3 is 0 Å². The van der Waals surface area contributed by atoms with Crippen molar-refractivity contribution >= 4 is 27.8 Å². The van der Waals surface area contributed by atoms with E-state index in [1.54, 1.807) is 28.9 Å². The Kier molecular flexibility index (Phi) is 3.31. The molecule has 19 heavy (non-hydrogen) atoms. The van der Waals surface area contributed by atoms with Gasteiger partial charge in [-0.15, -0.1) is 21.5 Å². The molecule has 0 aliphatic rings. The third kappa shape index (κ3) is 2.39. The summed E-state index contributed by atoms with van der Waals surface area (Å²) < 4.78 is 5.37. The van der Waals surface area contributed by atoms with E-state index in [2.05, 4.69) is 20.5 Å². The first-order valence-electron chi connectivity index (χ1n) is 5.87. The van der Waals surface area contributed by atoms with Gasteiger partial charge in [-0.05, 0) is 26.0 Å². The number of rotatable bonds is 4. The van der Waals surface area contributed by atoms with Gasteiger partial charge in [0.05, 0.1) is 16.8 Å². The number of nitrogens with zero attached hydrogens (tertiary/aromatic N) is 3. The Balaban J connectivity index is 1.96. The highest BCUT2D eigenvalue weighted by atomic mass is 32.1. The van der Waals surface area contributed by atoms with Crippen molar-refractivity contribution in [3.8, 4) is 20.7 Å². The smallest absolute Gasteiger partial charge is 0.206 e. The molecular formula is C12H12N4OS2. The molecule has 3 heterocycles. The van der Waals surface area contributed by atoms with Gasteiger partial charge in [-0.3, -0.25) is 0 Å². The number of anilines is 1. The molecule has 98 valence electrons. The molecule has 0 aromatic carbocycles. The lowest BCUT2D eigenvalue weighted by molar-refractivity contribution is 0.581. The van der Waals surface area contributed by atoms with E-state index in [1.165, 1.54) is 0 Å². The molecule has 0 aliphatic heterocycles. The molecule has 0 fully saturated rings. The molecule has 5 nitrogen and oxygen atoms in total. The van der Waals surface area contributed by atoms with Crippen LogP contribution in [0.3, 0.4) is 0 Å². The Morgan fingerprint density at radius 3 is 2.89 bits per heavy atom. The molecule has 0 unspecified atom stereocenters. The highest BCUT2D eigenvalue weighted by Crippen LogP contribution is 2.37. The summed E-state index contributed by atoms with van der Waals surface area (Å²) in [6, 6.07) is 3.77. The number of aryl methyl sites for hydroxylation is 1. The van der Waals surface area contributed by atoms with Gasteiger partial charge in [0.2, 0.25) is 5.13 Å². The van der Waals surface area contributed by atoms with Gasteiger partial charge in [0.25, 0.3) is 0 Å². The summed E-state index contributed by atoms with van der Waals surface area (Å²) in [5.41, 5.74) is 0.954. The maximum absolute atomic E-state index is 5.37. The van der Waals surface area contributed by atoms with Gasteiger partial charge in [0, 0.05) is 6.54 Å². The Morgan fingerprint density at radius 2 is 2.16 bits per heavy atom. The van der Waals surface area contributed by atoms with Crippen LogP contribution < -0.4 is 5.32 Å². The lowest BCUT2D eigenvalue weighted by atomic mass is 10.4. The molecule has 3 aromatic heterocycles. The number of hydrogen-bond donors (Lipinski definition) is 1. The number of furan rings is 1. The Morgan fingerprint density at radius 1 is 1.26 bits per heavy atom. The lowest BCUT2D eigenvalue weighted by Crippen LogP contribution is -1.94. The second kappa shape index (κ2) is 5.10. The zero-order chi connectivity index (χ0) is 13.2. The minimum absolute atomic E-state index is 0.788. The lowest BCUT2D eigenvalue weighted by Gasteiger charge is -1.91. The highest BCUT2D eigenvalue weighted by Gasteiger charge is 2.16. The van der Waals surface area contributed by atoms with Gasteiger partial charge in [0.1, 0.15) is 0 Å². The summed E-state index contributed by atoms with van der Waals surface area (Å²) in [5.74, 6) is 0.788. The van der Waals surface area contributed by atoms with Crippen molar-refractivity contribution in [1.82, 2.24) is 15.2 Å². The predicted molar refractivity (Wildman–Crippen MR) is 77.6 cm³/mol. The van der Waals surface area contributed by atoms with Crippen molar-refractivity contribution in [2.75, 3.05) is 11.9 Å². The predicted octanol–water partition coefficient (Wildman–Crippen LogP) is 3.66. The van der Waals surface area contributed by atoms with Crippen molar-refractivity contribution < 1.29 is 4.42 Å². The Hall–Kier alpha value is -1.73. The molecule has 0 aliphatic carbocycles. The van der Waals surface area contributed by atoms with Gasteiger partial charge in [-0.25, -0.2) is 4.98 Å². The number of hydrogen-bond acceptors (Lipinski definition) is 7. The van der Waals surface area contributed by atoms with Crippen LogP contribution in [0.2, 0.25) is 0 Å². The summed E-state index contributed by atoms with van der Waals surface area (Å²) >= 11 is 3.12. The van der Waals surface area contributed by atoms with E-state index in [1.807, 2.05) is 26.0 Å². The standard InChI is InChI=1S/C12H12N4OS2/c1-3-13-12-16-15-11(19-12)9-7(2)14-10(18-9)8-5-4-6-17-8/h4-6H,3H2,1-2H3,(H,13,16). The molecular weight excluding hydrogens is 280 g/mol. The monoisotopic (exact) mass is 292 g/mol. The van der Waals surface area contributed by atoms with Crippen LogP contribution in [0.4, 0.5) is 5.13 Å². The Labute approximate surface area is 118 Å². The van der Waals surface area contributed by atoms with Gasteiger partial charge in [0.15, 0.2) is 15.8 Å². The minimum atomic E-state index is 0.788. The Bertz CT molecular complexity index is 672. The zero-order valence-corrected chi connectivity index (χ0v) is 12.1. The van der Waals surface area contributed by atoms with E-state index >= 15 is 0 Å². The molecule has 0 radical (unpaired) electrons. The summed E-state index contributed by atoms with van der Waals surface area (Å²) in [5, 5.41) is 14.1. The van der Waals surface area contributed by atoms with Crippen LogP contribution in [0.15, 0.2) is 22.8 Å². The van der Waals surface area contributed by atoms with Crippen molar-refractivity contribution in [2.24, 2.45) is 0 Å². The summed E-state index contributed by atoms with van der Waals surface area (Å²) in [7, 11) is 0. The molecule has 0 bridgehead atoms. The van der Waals surface area contributed by atoms with Crippen LogP contribution >= 0.6 is 22.7 Å². The van der Waals surface area contributed by atoms with Crippen molar-refractivity contribution in [3.05, 3.63) is 24.1 Å². The summed E-state index contributed by atoms with van der Waals surface area (Å²) in [6.07, 6.45) is 1.65. The van der Waals surface area contributed by atoms with E-state index < -0.39 is 0 Å². The second-order valence-corrected chi connectivity index (χ2v) is 5.83. The SMILES string of the molecule is CCNc1nnc(-c2sc(-c3ccco3)nc2C)s1. The van der Waals surface area contributed by atoms with Crippen molar-refractivity contribution in [2.45, 2.75) is 13.8 Å². The van der Waals surface area contributed by atoms with E-state index in [4.69, 9.17) is 4.42 Å². The normalized spacial score (nSPS) is 10.8. The van der Waals surface area contributed by atoms with Crippen LogP contribution in [0.5, 0.6) is 0 Å². The van der Waals surface area contributed by atoms with Gasteiger partial charge < -0.3 is 9.73 Å². The molecule has 3 rings (SSSR count). The fourth-order valence-corrected chi connectivity index (χ4v) is 3.61. The average molecular weight is 292 g/mol. The zero-order valence-electron chi connectivity index (χ0n) is 10.5. The quantitative estimate of drug-likeness (QED) is 0.795. The number of thiazole rings is 1. The maximum atomic E-state index is 5.37. The molecule has 0 amide bonds. The third-order valence-corrected chi connectivity index (χ3v) is 4.68. The fraction of sp³-hybridized carbons (Fsp3) is 0.250. The molecule has 1 N–H and O–H groups in total. The molecule has 0 atom stereocenters. The molecule has 7 heteroatoms. The van der Waals surface area contributed by atoms with Crippen LogP contribution in [-0.4, -0.2) is 21.7 Å². The van der Waals surface area contributed by atoms with E-state index in [9.17, 15) is 0 Å². The van der Waals surface area contributed by atoms with Gasteiger partial charge in [-0.2, -0.15) is 0 Å². The fourth-order valence-electron chi connectivity index (χ4n) is 1.64. The van der Waals surface area contributed by atoms with E-state index in [-0.39, 0.29) is 0 Å². The third-order valence-electron chi connectivity index (χ3n) is 2.48. The average Bonchev–Trinajstić information content (AvgIpc) is 3.08. The first-order chi connectivity index (χ1) is 9.28. The first kappa shape index (κ1) is 12.3. The number of nitrogens with one attached hydrogen (secondary N) is 1. The molecule has 0 saturated heterocycles. The molecule has 0 saturated carbocycles. The van der Waals surface area contributed by atoms with E-state index in [0.717, 1.165) is 38.0 Å². The second-order valence-electron chi connectivity index (χ2n) is 3.85. The van der Waals surface area contributed by atoms with Crippen molar-refractivity contribution in [1.29, 1.82) is 0 Å². The largest absolute Gasteiger partial charge is 0.462 e. The molecule has 3 aromatic rings. The minimum Gasteiger partial charge on any atom is -0.462 e. The van der Waals surface area contributed by atoms with Crippen LogP contribution in [-0.2, 0) is 0 Å².